The maximum Gasteiger partial charge on any atom is 0.167 e. The molecule has 0 aromatic carbocycles. The fourth-order valence-electron chi connectivity index (χ4n) is 3.04. The van der Waals surface area contributed by atoms with Gasteiger partial charge in [0, 0.05) is 97.7 Å². The highest BCUT2D eigenvalue weighted by Gasteiger charge is 2.18. The van der Waals surface area contributed by atoms with Crippen molar-refractivity contribution in [3.8, 4) is 22.8 Å². The number of H-pyrrole nitrogens is 3. The van der Waals surface area contributed by atoms with Gasteiger partial charge in [0.25, 0.3) is 0 Å². The molecule has 0 fully saturated rings. The molecular formula is C44H75N3. The molecule has 3 heteroatoms. The van der Waals surface area contributed by atoms with E-state index in [0.29, 0.717) is 13.8 Å². The normalized spacial score (nSPS) is 42.4. The van der Waals surface area contributed by atoms with E-state index in [4.69, 9.17) is 78.2 Å². The largest absolute Gasteiger partial charge is 0.357 e. The van der Waals surface area contributed by atoms with Crippen LogP contribution in [0.1, 0.15) is 292 Å². The molecule has 47 heavy (non-hydrogen) atoms. The molecule has 0 aliphatic carbocycles. The fourth-order valence-corrected chi connectivity index (χ4v) is 3.04. The molecule has 3 heterocycles. The van der Waals surface area contributed by atoms with Crippen molar-refractivity contribution in [1.82, 2.24) is 14.9 Å². The minimum Gasteiger partial charge on any atom is -0.357 e. The van der Waals surface area contributed by atoms with Gasteiger partial charge in [0.2, 0.25) is 0 Å². The molecule has 266 valence electrons. The highest BCUT2D eigenvalue weighted by Crippen LogP contribution is 2.33. The second-order valence-corrected chi connectivity index (χ2v) is 7.78. The summed E-state index contributed by atoms with van der Waals surface area (Å²) in [7, 11) is 0. The Morgan fingerprint density at radius 3 is 1.32 bits per heavy atom. The Morgan fingerprint density at radius 1 is 0.468 bits per heavy atom. The highest BCUT2D eigenvalue weighted by atomic mass is 14.8. The lowest BCUT2D eigenvalue weighted by atomic mass is 10.0. The van der Waals surface area contributed by atoms with Gasteiger partial charge in [-0.25, -0.2) is 0 Å². The molecule has 3 rings (SSSR count). The van der Waals surface area contributed by atoms with Crippen molar-refractivity contribution in [2.24, 2.45) is 0 Å². The summed E-state index contributed by atoms with van der Waals surface area (Å²) in [6.07, 6.45) is -140. The first-order valence-corrected chi connectivity index (χ1v) is 12.6. The molecule has 0 saturated carbocycles. The number of hydrogen-bond donors (Lipinski definition) is 3. The van der Waals surface area contributed by atoms with Gasteiger partial charge in [-0.15, -0.1) is 0 Å². The Morgan fingerprint density at radius 2 is 0.830 bits per heavy atom. The summed E-state index contributed by atoms with van der Waals surface area (Å²) in [6.45, 7) is -12.2. The molecule has 0 bridgehead atoms. The van der Waals surface area contributed by atoms with Crippen molar-refractivity contribution in [3.05, 3.63) is 46.2 Å². The zero-order valence-electron chi connectivity index (χ0n) is 93.3. The van der Waals surface area contributed by atoms with Gasteiger partial charge in [0.1, 0.15) is 0 Å². The zero-order chi connectivity index (χ0) is 94.7. The molecule has 0 atom stereocenters. The van der Waals surface area contributed by atoms with E-state index >= 15 is 0 Å². The first-order valence-electron chi connectivity index (χ1n) is 46.9. The highest BCUT2D eigenvalue weighted by molar-refractivity contribution is 5.71. The van der Waals surface area contributed by atoms with E-state index in [1.807, 2.05) is 0 Å². The molecule has 0 radical (unpaired) electrons. The summed E-state index contributed by atoms with van der Waals surface area (Å²) in [5.74, 6) is 0. The van der Waals surface area contributed by atoms with Gasteiger partial charge in [-0.2, -0.15) is 0 Å². The van der Waals surface area contributed by atoms with Crippen LogP contribution in [0.2, 0.25) is 4.24 Å². The Labute approximate surface area is 388 Å². The average Bonchev–Trinajstić information content (AvgIpc) is 1.09. The monoisotopic (exact) mass is 715 g/mol. The summed E-state index contributed by atoms with van der Waals surface area (Å²) in [5, 5.41) is 0. The summed E-state index contributed by atoms with van der Waals surface area (Å²) in [6, 6.07) is -6.37. The predicted octanol–water partition coefficient (Wildman–Crippen LogP) is 14.7. The molecule has 0 amide bonds. The lowest BCUT2D eigenvalue weighted by Crippen LogP contribution is -1.90. The van der Waals surface area contributed by atoms with E-state index in [2.05, 4.69) is 0 Å². The van der Waals surface area contributed by atoms with Crippen LogP contribution in [-0.2, 0) is 19.1 Å². The summed E-state index contributed by atoms with van der Waals surface area (Å²) >= 11 is 0. The third kappa shape index (κ3) is 14.9. The van der Waals surface area contributed by atoms with Gasteiger partial charge in [-0.1, -0.05) is 154 Å². The van der Waals surface area contributed by atoms with Crippen LogP contribution in [0.15, 0.2) is 18.1 Å². The Kier molecular flexibility index (Phi) is 3.29. The molecule has 0 unspecified atom stereocenters. The van der Waals surface area contributed by atoms with Crippen molar-refractivity contribution < 1.29 is 94.7 Å². The topological polar surface area (TPSA) is 47.4 Å². The molecule has 0 saturated heterocycles. The van der Waals surface area contributed by atoms with Crippen LogP contribution in [0.25, 0.3) is 22.8 Å². The molecule has 3 aromatic rings. The van der Waals surface area contributed by atoms with Crippen molar-refractivity contribution in [1.29, 1.82) is 0 Å². The summed E-state index contributed by atoms with van der Waals surface area (Å²) < 4.78 is 591. The first kappa shape index (κ1) is 6.42. The summed E-state index contributed by atoms with van der Waals surface area (Å²) in [5.41, 5.74) is -18.0. The van der Waals surface area contributed by atoms with Crippen molar-refractivity contribution in [2.45, 2.75) is 206 Å². The lowest BCUT2D eigenvalue weighted by molar-refractivity contribution is 0.575. The summed E-state index contributed by atoms with van der Waals surface area (Å²) in [4.78, 5) is -1.86. The van der Waals surface area contributed by atoms with E-state index in [1.54, 1.807) is 0 Å². The minimum atomic E-state index is -5.55. The second-order valence-electron chi connectivity index (χ2n) is 7.78. The molecule has 0 aliphatic heterocycles. The lowest BCUT2D eigenvalue weighted by Gasteiger charge is -2.04. The van der Waals surface area contributed by atoms with Crippen LogP contribution >= 0.6 is 0 Å². The van der Waals surface area contributed by atoms with Crippen LogP contribution in [0.3, 0.4) is 0 Å². The van der Waals surface area contributed by atoms with Crippen LogP contribution in [0.5, 0.6) is 0 Å². The Balaban J connectivity index is 2.95. The van der Waals surface area contributed by atoms with E-state index in [0.717, 1.165) is 0 Å². The van der Waals surface area contributed by atoms with E-state index in [-0.39, 0.29) is 0 Å². The Bertz CT molecular complexity index is 4190. The number of rotatable bonds is 29. The van der Waals surface area contributed by atoms with Crippen LogP contribution in [-0.4, -0.2) is 14.9 Å². The van der Waals surface area contributed by atoms with Gasteiger partial charge in [-0.3, -0.25) is 0 Å². The fraction of sp³-hybridized carbons (Fsp3) is 0.727. The smallest absolute Gasteiger partial charge is 0.167 e. The number of hydrogen-bond acceptors (Lipinski definition) is 0. The zero-order valence-corrected chi connectivity index (χ0v) is 24.3. The molecule has 3 nitrogen and oxygen atoms in total. The molecule has 3 aromatic heterocycles. The van der Waals surface area contributed by atoms with E-state index in [9.17, 15) is 16.5 Å². The first-order chi connectivity index (χ1) is 49.4. The maximum atomic E-state index is 9.68. The number of nitrogens with one attached hydrogen (secondary N) is 3. The van der Waals surface area contributed by atoms with Gasteiger partial charge < -0.3 is 14.9 Å². The van der Waals surface area contributed by atoms with Gasteiger partial charge in [-0.05, 0) is 86.9 Å². The van der Waals surface area contributed by atoms with Crippen LogP contribution in [0, 0.1) is 13.8 Å². The SMILES string of the molecule is [2H]c1c(C([2H])([2H])C([2H])([2H])C([2H])([2H])C([2H])([2H])C([2H])([2H])C([2H])([2H])C([2H])([2H])C([2H])([2H])C([2H])([2H])C([2H])([2H])[2H])c(-c2c([2H])c(C([2H])([2H])C([2H])([2H])C([2H])([2H])C([2H])([2H])C([2H])([2H])C([2H])([2H])C([2H])([2H])C([2H])([2H])C([2H])([2H])C([2H])([2H])[2H])c(-c3c([2H])c(C([2H])([2H])C([2H])([2H])C([2H])([2H])C([2H])([2H])C([2H])([2H])C([2H])([2H])C([2H])([2H])C([2H])([2H])C([2H])([2H])C([2H])([2H])[2H])c(C)n3[2H])n2[2H])n([2H])c1C. The molecule has 0 spiro atoms. The van der Waals surface area contributed by atoms with E-state index < -0.39 is 277 Å². The minimum absolute atomic E-state index is 0.329. The van der Waals surface area contributed by atoms with Crippen molar-refractivity contribution >= 4 is 0 Å². The Hall–Kier alpha value is -2.16. The number of aromatic amines is 3. The molecule has 3 N–H and O–H groups in total. The van der Waals surface area contributed by atoms with Crippen molar-refractivity contribution in [3.63, 3.8) is 0 Å². The standard InChI is InChI=1S/C44H75N3/c1-6-9-12-15-18-21-24-27-30-38-34-41(46-37(38)5)44-40(32-29-26-23-20-17-14-11-8-3)35-42(47-44)43-39(33-36(4)45-43)31-28-25-22-19-16-13-10-7-2/h33-35,45-47H,6-32H2,1-5H3/i1D3,2D3,3D3,6D2,7D2,8D2,9D2,10D2,11D2,12D2,13D2,14D2,15D2,16D2,17D2,18D2,19D2,20D2,21D2,22D2,23D2,24D2,25D2,26D2,27D2,28D2,29D2,30D2,31D2,32D2,33D,34D,35D/hD3. The van der Waals surface area contributed by atoms with Crippen LogP contribution in [0.4, 0.5) is 0 Å². The second kappa shape index (κ2) is 24.0. The van der Waals surface area contributed by atoms with Gasteiger partial charge >= 0.3 is 0 Å². The maximum absolute atomic E-state index is 9.68. The predicted molar refractivity (Wildman–Crippen MR) is 209 cm³/mol. The third-order valence-electron chi connectivity index (χ3n) is 4.73. The van der Waals surface area contributed by atoms with Gasteiger partial charge in [0.15, 0.2) is 4.24 Å². The van der Waals surface area contributed by atoms with E-state index in [1.165, 1.54) is 0 Å². The van der Waals surface area contributed by atoms with Crippen molar-refractivity contribution in [2.75, 3.05) is 0 Å². The molecule has 0 aliphatic rings. The average molecular weight is 716 g/mol. The molecular weight excluding hydrogens is 571 g/mol. The van der Waals surface area contributed by atoms with Crippen LogP contribution < -0.4 is 0 Å². The quantitative estimate of drug-likeness (QED) is 0.0641. The third-order valence-corrected chi connectivity index (χ3v) is 4.73. The number of aromatic nitrogens is 3. The van der Waals surface area contributed by atoms with Gasteiger partial charge in [0.05, 0.1) is 26.9 Å².